The lowest BCUT2D eigenvalue weighted by Gasteiger charge is -2.37. The minimum absolute atomic E-state index is 0.199. The first-order chi connectivity index (χ1) is 15.0. The van der Waals surface area contributed by atoms with Gasteiger partial charge >= 0.3 is 6.09 Å². The lowest BCUT2D eigenvalue weighted by atomic mass is 10.2. The summed E-state index contributed by atoms with van der Waals surface area (Å²) in [6.07, 6.45) is -0.511. The summed E-state index contributed by atoms with van der Waals surface area (Å²) in [4.78, 5) is 19.4. The Kier molecular flexibility index (Phi) is 6.46. The van der Waals surface area contributed by atoms with Crippen LogP contribution in [0, 0.1) is 0 Å². The van der Waals surface area contributed by atoms with Gasteiger partial charge in [0.1, 0.15) is 11.9 Å². The van der Waals surface area contributed by atoms with Crippen molar-refractivity contribution >= 4 is 40.4 Å². The summed E-state index contributed by atoms with van der Waals surface area (Å²) in [6, 6.07) is 16.3. The van der Waals surface area contributed by atoms with Crippen LogP contribution in [0.5, 0.6) is 5.75 Å². The molecular weight excluding hydrogens is 412 g/mol. The molecule has 2 fully saturated rings. The molecule has 2 aromatic rings. The number of carbonyl (C=O) groups excluding carboxylic acids is 1. The molecule has 2 heterocycles. The number of benzene rings is 2. The summed E-state index contributed by atoms with van der Waals surface area (Å²) < 4.78 is 10.8. The zero-order chi connectivity index (χ0) is 21.8. The number of hydrogen-bond donors (Lipinski definition) is 1. The molecule has 8 heteroatoms. The summed E-state index contributed by atoms with van der Waals surface area (Å²) >= 11 is 5.03. The molecule has 0 aromatic heterocycles. The maximum atomic E-state index is 12.3. The van der Waals surface area contributed by atoms with E-state index >= 15 is 0 Å². The summed E-state index contributed by atoms with van der Waals surface area (Å²) in [6.45, 7) is 6.64. The van der Waals surface area contributed by atoms with Gasteiger partial charge in [-0.1, -0.05) is 18.3 Å². The van der Waals surface area contributed by atoms with Crippen LogP contribution in [0.2, 0.25) is 0 Å². The fraction of sp³-hybridized carbons (Fsp3) is 0.391. The maximum Gasteiger partial charge on any atom is 0.414 e. The van der Waals surface area contributed by atoms with Crippen LogP contribution >= 0.6 is 12.2 Å². The van der Waals surface area contributed by atoms with Crippen LogP contribution in [-0.4, -0.2) is 63.6 Å². The van der Waals surface area contributed by atoms with Crippen molar-refractivity contribution < 1.29 is 14.3 Å². The number of methoxy groups -OCH3 is 1. The smallest absolute Gasteiger partial charge is 0.414 e. The molecular formula is C23H28N4O3S. The highest BCUT2D eigenvalue weighted by Crippen LogP contribution is 2.27. The molecule has 1 amide bonds. The van der Waals surface area contributed by atoms with Crippen LogP contribution in [-0.2, 0) is 4.74 Å². The molecule has 0 bridgehead atoms. The first-order valence-electron chi connectivity index (χ1n) is 10.5. The summed E-state index contributed by atoms with van der Waals surface area (Å²) in [5.74, 6) is 0.881. The van der Waals surface area contributed by atoms with Crippen molar-refractivity contribution in [2.75, 3.05) is 61.1 Å². The maximum absolute atomic E-state index is 12.3. The van der Waals surface area contributed by atoms with E-state index in [9.17, 15) is 4.79 Å². The fourth-order valence-corrected chi connectivity index (χ4v) is 4.05. The molecule has 2 aliphatic heterocycles. The van der Waals surface area contributed by atoms with Gasteiger partial charge in [-0.05, 0) is 43.3 Å². The van der Waals surface area contributed by atoms with Crippen molar-refractivity contribution in [3.63, 3.8) is 0 Å². The number of nitrogens with one attached hydrogen (secondary N) is 1. The monoisotopic (exact) mass is 440 g/mol. The van der Waals surface area contributed by atoms with E-state index < -0.39 is 0 Å². The Morgan fingerprint density at radius 3 is 2.35 bits per heavy atom. The van der Waals surface area contributed by atoms with Gasteiger partial charge in [0, 0.05) is 49.3 Å². The molecule has 0 radical (unpaired) electrons. The highest BCUT2D eigenvalue weighted by molar-refractivity contribution is 7.80. The lowest BCUT2D eigenvalue weighted by molar-refractivity contribution is 0.143. The van der Waals surface area contributed by atoms with E-state index in [0.29, 0.717) is 18.1 Å². The first-order valence-corrected chi connectivity index (χ1v) is 10.9. The Bertz CT molecular complexity index is 929. The number of cyclic esters (lactones) is 1. The van der Waals surface area contributed by atoms with E-state index in [1.165, 1.54) is 5.69 Å². The predicted octanol–water partition coefficient (Wildman–Crippen LogP) is 3.28. The van der Waals surface area contributed by atoms with Gasteiger partial charge in [0.25, 0.3) is 0 Å². The highest BCUT2D eigenvalue weighted by atomic mass is 32.1. The van der Waals surface area contributed by atoms with Gasteiger partial charge in [-0.15, -0.1) is 0 Å². The fourth-order valence-electron chi connectivity index (χ4n) is 3.97. The van der Waals surface area contributed by atoms with Crippen molar-refractivity contribution in [1.29, 1.82) is 0 Å². The number of carbonyl (C=O) groups is 1. The Labute approximate surface area is 188 Å². The van der Waals surface area contributed by atoms with Gasteiger partial charge in [0.05, 0.1) is 25.2 Å². The number of piperazine rings is 1. The molecule has 31 heavy (non-hydrogen) atoms. The third kappa shape index (κ3) is 5.02. The van der Waals surface area contributed by atoms with E-state index in [0.717, 1.165) is 43.3 Å². The van der Waals surface area contributed by atoms with Crippen molar-refractivity contribution in [2.24, 2.45) is 0 Å². The van der Waals surface area contributed by atoms with E-state index in [-0.39, 0.29) is 12.2 Å². The van der Waals surface area contributed by atoms with Gasteiger partial charge in [-0.2, -0.15) is 0 Å². The third-order valence-corrected chi connectivity index (χ3v) is 5.82. The second-order valence-electron chi connectivity index (χ2n) is 7.75. The molecule has 2 aromatic carbocycles. The standard InChI is InChI=1S/C23H28N4O3S/c1-17(31)24-15-22-16-27(23(28)30-22)19-8-6-18(7-9-19)25-10-12-26(13-11-25)20-4-3-5-21(14-20)29-2/h3-9,14,22H,10-13,15-16H2,1-2H3,(H,24,31)/t22-/m0/s1. The highest BCUT2D eigenvalue weighted by Gasteiger charge is 2.32. The molecule has 4 rings (SSSR count). The van der Waals surface area contributed by atoms with Crippen molar-refractivity contribution in [1.82, 2.24) is 5.32 Å². The number of anilines is 3. The van der Waals surface area contributed by atoms with Gasteiger partial charge in [-0.25, -0.2) is 4.79 Å². The normalized spacial score (nSPS) is 18.7. The number of hydrogen-bond acceptors (Lipinski definition) is 6. The molecule has 1 atom stereocenters. The number of rotatable bonds is 6. The van der Waals surface area contributed by atoms with Gasteiger partial charge in [0.2, 0.25) is 0 Å². The van der Waals surface area contributed by atoms with Gasteiger partial charge in [-0.3, -0.25) is 4.90 Å². The van der Waals surface area contributed by atoms with Crippen LogP contribution in [0.4, 0.5) is 21.9 Å². The van der Waals surface area contributed by atoms with E-state index in [1.807, 2.05) is 31.2 Å². The molecule has 2 saturated heterocycles. The van der Waals surface area contributed by atoms with Gasteiger partial charge in [0.15, 0.2) is 0 Å². The Morgan fingerprint density at radius 1 is 1.06 bits per heavy atom. The van der Waals surface area contributed by atoms with E-state index in [1.54, 1.807) is 12.0 Å². The molecule has 7 nitrogen and oxygen atoms in total. The molecule has 1 N–H and O–H groups in total. The zero-order valence-corrected chi connectivity index (χ0v) is 18.7. The van der Waals surface area contributed by atoms with Crippen molar-refractivity contribution in [3.8, 4) is 5.75 Å². The summed E-state index contributed by atoms with van der Waals surface area (Å²) in [5, 5.41) is 3.06. The van der Waals surface area contributed by atoms with E-state index in [4.69, 9.17) is 21.7 Å². The molecule has 2 aliphatic rings. The Balaban J connectivity index is 1.34. The minimum atomic E-state index is -0.312. The van der Waals surface area contributed by atoms with Crippen LogP contribution in [0.25, 0.3) is 0 Å². The molecule has 0 unspecified atom stereocenters. The third-order valence-electron chi connectivity index (χ3n) is 5.68. The van der Waals surface area contributed by atoms with Crippen LogP contribution in [0.3, 0.4) is 0 Å². The number of amides is 1. The predicted molar refractivity (Wildman–Crippen MR) is 128 cm³/mol. The summed E-state index contributed by atoms with van der Waals surface area (Å²) in [5.41, 5.74) is 3.20. The molecule has 0 saturated carbocycles. The van der Waals surface area contributed by atoms with E-state index in [2.05, 4.69) is 39.4 Å². The lowest BCUT2D eigenvalue weighted by Crippen LogP contribution is -2.46. The zero-order valence-electron chi connectivity index (χ0n) is 17.9. The Hall–Kier alpha value is -3.00. The van der Waals surface area contributed by atoms with Crippen LogP contribution < -0.4 is 24.8 Å². The topological polar surface area (TPSA) is 57.3 Å². The minimum Gasteiger partial charge on any atom is -0.497 e. The summed E-state index contributed by atoms with van der Waals surface area (Å²) in [7, 11) is 1.69. The first kappa shape index (κ1) is 21.2. The molecule has 164 valence electrons. The average Bonchev–Trinajstić information content (AvgIpc) is 3.18. The van der Waals surface area contributed by atoms with Crippen LogP contribution in [0.15, 0.2) is 48.5 Å². The number of thiocarbonyl (C=S) groups is 1. The number of nitrogens with zero attached hydrogens (tertiary/aromatic N) is 3. The second kappa shape index (κ2) is 9.43. The van der Waals surface area contributed by atoms with Crippen molar-refractivity contribution in [3.05, 3.63) is 48.5 Å². The molecule has 0 spiro atoms. The Morgan fingerprint density at radius 2 is 1.71 bits per heavy atom. The second-order valence-corrected chi connectivity index (χ2v) is 8.36. The quantitative estimate of drug-likeness (QED) is 0.692. The SMILES string of the molecule is COc1cccc(N2CCN(c3ccc(N4C[C@H](CNC(C)=S)OC4=O)cc3)CC2)c1. The van der Waals surface area contributed by atoms with Crippen molar-refractivity contribution in [2.45, 2.75) is 13.0 Å². The van der Waals surface area contributed by atoms with Gasteiger partial charge < -0.3 is 24.6 Å². The van der Waals surface area contributed by atoms with Crippen LogP contribution in [0.1, 0.15) is 6.92 Å². The molecule has 0 aliphatic carbocycles. The largest absolute Gasteiger partial charge is 0.497 e. The number of ether oxygens (including phenoxy) is 2. The average molecular weight is 441 g/mol.